The predicted molar refractivity (Wildman–Crippen MR) is 114 cm³/mol. The second-order valence-corrected chi connectivity index (χ2v) is 8.08. The van der Waals surface area contributed by atoms with Gasteiger partial charge >= 0.3 is 0 Å². The molecule has 0 aliphatic carbocycles. The lowest BCUT2D eigenvalue weighted by Gasteiger charge is -2.21. The number of carbonyl (C=O) groups excluding carboxylic acids is 2. The smallest absolute Gasteiger partial charge is 0.263 e. The minimum Gasteiger partial charge on any atom is -0.493 e. The van der Waals surface area contributed by atoms with Gasteiger partial charge in [-0.05, 0) is 23.9 Å². The number of unbranched alkanes of at least 4 members (excludes halogenated alkanes) is 1. The maximum Gasteiger partial charge on any atom is 0.263 e. The normalized spacial score (nSPS) is 18.5. The molecule has 2 heterocycles. The fourth-order valence-electron chi connectivity index (χ4n) is 3.83. The molecule has 0 saturated carbocycles. The van der Waals surface area contributed by atoms with E-state index in [1.807, 2.05) is 35.7 Å². The number of likely N-dealkylation sites (tertiary alicyclic amines) is 1. The zero-order valence-electron chi connectivity index (χ0n) is 17.1. The summed E-state index contributed by atoms with van der Waals surface area (Å²) in [5, 5.41) is 4.93. The van der Waals surface area contributed by atoms with Crippen molar-refractivity contribution in [3.05, 3.63) is 46.2 Å². The van der Waals surface area contributed by atoms with E-state index in [2.05, 4.69) is 12.2 Å². The Morgan fingerprint density at radius 2 is 2.00 bits per heavy atom. The Morgan fingerprint density at radius 3 is 2.66 bits per heavy atom. The number of nitrogens with one attached hydrogen (secondary N) is 1. The lowest BCUT2D eigenvalue weighted by atomic mass is 9.87. The minimum absolute atomic E-state index is 0.0187. The van der Waals surface area contributed by atoms with Gasteiger partial charge in [0.1, 0.15) is 0 Å². The molecular formula is C22H28N2O4S. The van der Waals surface area contributed by atoms with Gasteiger partial charge in [-0.25, -0.2) is 0 Å². The van der Waals surface area contributed by atoms with Gasteiger partial charge < -0.3 is 19.7 Å². The number of amides is 2. The van der Waals surface area contributed by atoms with Crippen molar-refractivity contribution in [1.29, 1.82) is 0 Å². The van der Waals surface area contributed by atoms with Crippen molar-refractivity contribution < 1.29 is 19.1 Å². The summed E-state index contributed by atoms with van der Waals surface area (Å²) in [4.78, 5) is 28.4. The summed E-state index contributed by atoms with van der Waals surface area (Å²) >= 11 is 1.42. The van der Waals surface area contributed by atoms with E-state index in [1.165, 1.54) is 11.3 Å². The van der Waals surface area contributed by atoms with Gasteiger partial charge in [-0.3, -0.25) is 9.59 Å². The van der Waals surface area contributed by atoms with Gasteiger partial charge in [0.25, 0.3) is 5.91 Å². The van der Waals surface area contributed by atoms with Crippen LogP contribution in [0.1, 0.15) is 40.9 Å². The number of carbonyl (C=O) groups is 2. The molecule has 1 aromatic heterocycles. The van der Waals surface area contributed by atoms with Crippen LogP contribution in [0, 0.1) is 5.92 Å². The van der Waals surface area contributed by atoms with Crippen LogP contribution < -0.4 is 14.8 Å². The van der Waals surface area contributed by atoms with Crippen molar-refractivity contribution in [3.8, 4) is 11.5 Å². The molecule has 1 aliphatic heterocycles. The van der Waals surface area contributed by atoms with Crippen molar-refractivity contribution in [1.82, 2.24) is 10.2 Å². The third-order valence-corrected chi connectivity index (χ3v) is 6.20. The van der Waals surface area contributed by atoms with Crippen LogP contribution in [0.25, 0.3) is 0 Å². The van der Waals surface area contributed by atoms with Crippen molar-refractivity contribution in [2.75, 3.05) is 33.9 Å². The van der Waals surface area contributed by atoms with Crippen LogP contribution in [0.2, 0.25) is 0 Å². The van der Waals surface area contributed by atoms with Crippen molar-refractivity contribution in [2.24, 2.45) is 5.92 Å². The van der Waals surface area contributed by atoms with E-state index in [1.54, 1.807) is 19.1 Å². The van der Waals surface area contributed by atoms with Crippen molar-refractivity contribution in [3.63, 3.8) is 0 Å². The molecule has 6 nitrogen and oxygen atoms in total. The Hall–Kier alpha value is -2.54. The molecule has 156 valence electrons. The van der Waals surface area contributed by atoms with Gasteiger partial charge in [-0.15, -0.1) is 11.3 Å². The zero-order valence-corrected chi connectivity index (χ0v) is 18.0. The molecule has 3 rings (SSSR count). The maximum absolute atomic E-state index is 13.0. The number of thiophene rings is 1. The Morgan fingerprint density at radius 1 is 1.17 bits per heavy atom. The summed E-state index contributed by atoms with van der Waals surface area (Å²) in [7, 11) is 3.19. The number of ether oxygens (including phenoxy) is 2. The van der Waals surface area contributed by atoms with Gasteiger partial charge in [0.2, 0.25) is 5.91 Å². The third kappa shape index (κ3) is 4.56. The van der Waals surface area contributed by atoms with Crippen LogP contribution in [0.5, 0.6) is 11.5 Å². The quantitative estimate of drug-likeness (QED) is 0.669. The third-order valence-electron chi connectivity index (χ3n) is 5.34. The Labute approximate surface area is 175 Å². The van der Waals surface area contributed by atoms with E-state index in [0.29, 0.717) is 36.0 Å². The highest BCUT2D eigenvalue weighted by Gasteiger charge is 2.42. The second-order valence-electron chi connectivity index (χ2n) is 7.13. The second kappa shape index (κ2) is 9.78. The summed E-state index contributed by atoms with van der Waals surface area (Å²) in [6.45, 7) is 3.59. The highest BCUT2D eigenvalue weighted by molar-refractivity contribution is 7.12. The molecule has 0 spiro atoms. The van der Waals surface area contributed by atoms with Crippen LogP contribution >= 0.6 is 11.3 Å². The first-order valence-electron chi connectivity index (χ1n) is 9.92. The van der Waals surface area contributed by atoms with E-state index in [9.17, 15) is 9.59 Å². The molecule has 0 radical (unpaired) electrons. The summed E-state index contributed by atoms with van der Waals surface area (Å²) in [6.07, 6.45) is 1.95. The van der Waals surface area contributed by atoms with Crippen LogP contribution in [-0.2, 0) is 4.79 Å². The zero-order chi connectivity index (χ0) is 20.8. The number of nitrogens with zero attached hydrogens (tertiary/aromatic N) is 1. The van der Waals surface area contributed by atoms with Gasteiger partial charge in [0.15, 0.2) is 11.5 Å². The number of benzene rings is 1. The summed E-state index contributed by atoms with van der Waals surface area (Å²) in [6, 6.07) is 9.38. The molecule has 1 N–H and O–H groups in total. The molecule has 1 aromatic carbocycles. The fourth-order valence-corrected chi connectivity index (χ4v) is 4.52. The largest absolute Gasteiger partial charge is 0.493 e. The SMILES string of the molecule is CCCCNC(=O)[C@@H]1CN(C(=O)c2cccs2)C[C@H]1c1cccc(OC)c1OC. The van der Waals surface area contributed by atoms with Gasteiger partial charge in [-0.2, -0.15) is 0 Å². The van der Waals surface area contributed by atoms with Crippen LogP contribution in [0.15, 0.2) is 35.7 Å². The topological polar surface area (TPSA) is 67.9 Å². The van der Waals surface area contributed by atoms with Gasteiger partial charge in [0, 0.05) is 31.1 Å². The maximum atomic E-state index is 13.0. The molecule has 2 atom stereocenters. The molecule has 1 aliphatic rings. The lowest BCUT2D eigenvalue weighted by Crippen LogP contribution is -2.36. The molecule has 7 heteroatoms. The van der Waals surface area contributed by atoms with Crippen molar-refractivity contribution >= 4 is 23.2 Å². The molecule has 1 saturated heterocycles. The Balaban J connectivity index is 1.91. The highest BCUT2D eigenvalue weighted by atomic mass is 32.1. The first-order chi connectivity index (χ1) is 14.1. The predicted octanol–water partition coefficient (Wildman–Crippen LogP) is 3.54. The molecule has 2 amide bonds. The summed E-state index contributed by atoms with van der Waals surface area (Å²) < 4.78 is 11.1. The number of rotatable bonds is 8. The van der Waals surface area contributed by atoms with Crippen LogP contribution in [0.3, 0.4) is 0 Å². The van der Waals surface area contributed by atoms with Gasteiger partial charge in [-0.1, -0.05) is 31.5 Å². The van der Waals surface area contributed by atoms with E-state index in [-0.39, 0.29) is 23.7 Å². The molecule has 1 fully saturated rings. The number of methoxy groups -OCH3 is 2. The Bertz CT molecular complexity index is 837. The molecule has 2 aromatic rings. The minimum atomic E-state index is -0.336. The summed E-state index contributed by atoms with van der Waals surface area (Å²) in [5.74, 6) is 0.697. The standard InChI is InChI=1S/C22H28N2O4S/c1-4-5-11-23-21(25)17-14-24(22(26)19-10-7-12-29-19)13-16(17)15-8-6-9-18(27-2)20(15)28-3/h6-10,12,16-17H,4-5,11,13-14H2,1-3H3,(H,23,25)/t16-,17+/m0/s1. The molecule has 0 bridgehead atoms. The average molecular weight is 417 g/mol. The highest BCUT2D eigenvalue weighted by Crippen LogP contribution is 2.42. The van der Waals surface area contributed by atoms with E-state index in [0.717, 1.165) is 18.4 Å². The number of hydrogen-bond donors (Lipinski definition) is 1. The number of para-hydroxylation sites is 1. The van der Waals surface area contributed by atoms with E-state index >= 15 is 0 Å². The van der Waals surface area contributed by atoms with Crippen LogP contribution in [-0.4, -0.2) is 50.6 Å². The molecule has 29 heavy (non-hydrogen) atoms. The Kier molecular flexibility index (Phi) is 7.14. The lowest BCUT2D eigenvalue weighted by molar-refractivity contribution is -0.124. The monoisotopic (exact) mass is 416 g/mol. The van der Waals surface area contributed by atoms with Crippen LogP contribution in [0.4, 0.5) is 0 Å². The molecular weight excluding hydrogens is 388 g/mol. The molecule has 0 unspecified atom stereocenters. The first-order valence-corrected chi connectivity index (χ1v) is 10.8. The van der Waals surface area contributed by atoms with Crippen molar-refractivity contribution in [2.45, 2.75) is 25.7 Å². The number of hydrogen-bond acceptors (Lipinski definition) is 5. The van der Waals surface area contributed by atoms with Gasteiger partial charge in [0.05, 0.1) is 25.0 Å². The first kappa shape index (κ1) is 21.2. The van der Waals surface area contributed by atoms with E-state index in [4.69, 9.17) is 9.47 Å². The fraction of sp³-hybridized carbons (Fsp3) is 0.455. The van der Waals surface area contributed by atoms with E-state index < -0.39 is 0 Å². The average Bonchev–Trinajstić information content (AvgIpc) is 3.43. The summed E-state index contributed by atoms with van der Waals surface area (Å²) in [5.41, 5.74) is 0.893.